The van der Waals surface area contributed by atoms with Crippen LogP contribution < -0.4 is 16.0 Å². The number of aromatic amines is 1. The summed E-state index contributed by atoms with van der Waals surface area (Å²) in [6, 6.07) is 10.3. The molecule has 64 heavy (non-hydrogen) atoms. The Labute approximate surface area is 374 Å². The number of aromatic nitrogens is 1. The molecule has 9 rings (SSSR count). The zero-order valence-electron chi connectivity index (χ0n) is 37.6. The minimum atomic E-state index is -2.32. The molecule has 5 aliphatic heterocycles. The summed E-state index contributed by atoms with van der Waals surface area (Å²) in [6.45, 7) is 9.14. The third kappa shape index (κ3) is 6.50. The number of piperidine rings is 1. The maximum Gasteiger partial charge on any atom is 0.322 e. The Morgan fingerprint density at radius 1 is 1.09 bits per heavy atom. The van der Waals surface area contributed by atoms with E-state index in [-0.39, 0.29) is 44.7 Å². The summed E-state index contributed by atoms with van der Waals surface area (Å²) in [7, 11) is 1.86. The highest BCUT2D eigenvalue weighted by atomic mass is 16.5. The van der Waals surface area contributed by atoms with Crippen molar-refractivity contribution in [3.63, 3.8) is 0 Å². The van der Waals surface area contributed by atoms with Crippen molar-refractivity contribution in [1.82, 2.24) is 20.1 Å². The highest BCUT2D eigenvalue weighted by Gasteiger charge is 2.78. The van der Waals surface area contributed by atoms with E-state index < -0.39 is 57.5 Å². The van der Waals surface area contributed by atoms with E-state index in [0.717, 1.165) is 52.1 Å². The number of nitrogens with zero attached hydrogens (tertiary/aromatic N) is 3. The van der Waals surface area contributed by atoms with Gasteiger partial charge in [-0.15, -0.1) is 0 Å². The number of esters is 1. The summed E-state index contributed by atoms with van der Waals surface area (Å²) in [4.78, 5) is 49.9. The van der Waals surface area contributed by atoms with Crippen LogP contribution in [0.5, 0.6) is 0 Å². The molecular weight excluding hydrogens is 817 g/mol. The van der Waals surface area contributed by atoms with Crippen LogP contribution in [0.4, 0.5) is 5.69 Å². The number of nitrogens with two attached hydrogens (primary N) is 1. The molecule has 2 bridgehead atoms. The largest absolute Gasteiger partial charge is 0.467 e. The number of likely N-dealkylation sites (N-methyl/N-ethyl adjacent to an activating group) is 1. The molecule has 1 spiro atoms. The van der Waals surface area contributed by atoms with Crippen LogP contribution in [0.15, 0.2) is 48.6 Å². The molecule has 2 aromatic carbocycles. The lowest BCUT2D eigenvalue weighted by Gasteiger charge is -2.63. The second-order valence-electron chi connectivity index (χ2n) is 19.9. The number of para-hydroxylation sites is 1. The third-order valence-electron chi connectivity index (χ3n) is 16.5. The standard InChI is InChI=1S/C49H66N6O9/c1-5-45(61)23-31-24-47(28-63-29-57,39-34(13-18-54(25-31)27-45)33-11-7-8-12-37(33)52-39)35-22-36-38(21-32(35)26-56)53(4)42-48(36)15-19-55-17-9-14-46(6-2,41(48)55)43(59)49(42,62)44(60)51-16-10-20-64-40(58)30(3)50/h7-9,11-12,14,21-22,29-31,41-43,52,56,59,61-62H,5-6,10,13,15-20,23-28,50H2,1-4H3,(H,51,60)/t30-,31+,41?,42?,43+,45?,46+,47-,48?,49-/m0/s1. The van der Waals surface area contributed by atoms with E-state index >= 15 is 0 Å². The molecule has 6 aliphatic rings. The number of carbonyl (C=O) groups is 3. The Kier molecular flexibility index (Phi) is 11.6. The molecule has 1 amide bonds. The number of fused-ring (bicyclic) bond motifs is 6. The molecule has 11 atom stereocenters. The number of rotatable bonds is 13. The number of benzene rings is 2. The fraction of sp³-hybridized carbons (Fsp3) is 0.612. The van der Waals surface area contributed by atoms with Crippen molar-refractivity contribution in [3.8, 4) is 0 Å². The van der Waals surface area contributed by atoms with E-state index in [9.17, 15) is 34.8 Å². The van der Waals surface area contributed by atoms with E-state index in [4.69, 9.17) is 15.2 Å². The van der Waals surface area contributed by atoms with Gasteiger partial charge in [0.05, 0.1) is 30.3 Å². The van der Waals surface area contributed by atoms with Crippen molar-refractivity contribution < 1.29 is 44.3 Å². The van der Waals surface area contributed by atoms with E-state index in [0.29, 0.717) is 70.2 Å². The number of amides is 1. The normalized spacial score (nSPS) is 35.6. The highest BCUT2D eigenvalue weighted by Crippen LogP contribution is 2.67. The second kappa shape index (κ2) is 16.5. The first-order chi connectivity index (χ1) is 30.7. The first-order valence-corrected chi connectivity index (χ1v) is 23.3. The number of aliphatic hydroxyl groups excluding tert-OH is 2. The van der Waals surface area contributed by atoms with Gasteiger partial charge < -0.3 is 50.8 Å². The van der Waals surface area contributed by atoms with Gasteiger partial charge in [0.1, 0.15) is 18.8 Å². The summed E-state index contributed by atoms with van der Waals surface area (Å²) < 4.78 is 11.2. The van der Waals surface area contributed by atoms with Gasteiger partial charge in [-0.2, -0.15) is 0 Å². The Balaban J connectivity index is 1.24. The second-order valence-corrected chi connectivity index (χ2v) is 19.9. The maximum absolute atomic E-state index is 14.9. The molecule has 5 unspecified atom stereocenters. The van der Waals surface area contributed by atoms with Gasteiger partial charge in [-0.05, 0) is 98.7 Å². The van der Waals surface area contributed by atoms with Crippen molar-refractivity contribution in [3.05, 3.63) is 76.5 Å². The van der Waals surface area contributed by atoms with Crippen molar-refractivity contribution in [2.45, 2.75) is 119 Å². The summed E-state index contributed by atoms with van der Waals surface area (Å²) in [5.74, 6) is -1.28. The van der Waals surface area contributed by atoms with Crippen molar-refractivity contribution >= 4 is 34.9 Å². The molecule has 6 heterocycles. The first kappa shape index (κ1) is 44.8. The van der Waals surface area contributed by atoms with Gasteiger partial charge in [0, 0.05) is 78.9 Å². The Hall–Kier alpha value is -4.35. The number of ether oxygens (including phenoxy) is 2. The van der Waals surface area contributed by atoms with Crippen LogP contribution in [-0.2, 0) is 47.7 Å². The minimum absolute atomic E-state index is 0.0151. The number of nitrogens with one attached hydrogen (secondary N) is 2. The lowest BCUT2D eigenvalue weighted by atomic mass is 9.47. The smallest absolute Gasteiger partial charge is 0.322 e. The molecular formula is C49H66N6O9. The monoisotopic (exact) mass is 882 g/mol. The number of anilines is 1. The SMILES string of the molecule is CCC1(O)C[C@H]2CN(CCc3c([nH]c4ccccc34)[C@@](COC=O)(c3cc4c(cc3CO)N(C)C3C45CCN4CC=C[C@](CC)(C45)[C@@H](O)[C@]3(O)C(=O)NCCCOC(=O)[C@H](C)N)C2)C1. The van der Waals surface area contributed by atoms with Crippen molar-refractivity contribution in [2.75, 3.05) is 64.4 Å². The molecule has 0 radical (unpaired) electrons. The summed E-state index contributed by atoms with van der Waals surface area (Å²) in [5, 5.41) is 53.7. The van der Waals surface area contributed by atoms with Crippen LogP contribution in [-0.4, -0.2) is 149 Å². The Bertz CT molecular complexity index is 2340. The number of aliphatic hydroxyl groups is 4. The summed E-state index contributed by atoms with van der Waals surface area (Å²) in [6.07, 6.45) is 6.19. The number of hydrogen-bond donors (Lipinski definition) is 7. The molecule has 1 aliphatic carbocycles. The molecule has 346 valence electrons. The van der Waals surface area contributed by atoms with E-state index in [2.05, 4.69) is 38.3 Å². The van der Waals surface area contributed by atoms with Crippen LogP contribution in [0.25, 0.3) is 10.9 Å². The predicted octanol–water partition coefficient (Wildman–Crippen LogP) is 2.13. The quantitative estimate of drug-likeness (QED) is 0.0568. The van der Waals surface area contributed by atoms with Crippen LogP contribution in [0.3, 0.4) is 0 Å². The topological polar surface area (TPSA) is 214 Å². The average molecular weight is 883 g/mol. The third-order valence-corrected chi connectivity index (χ3v) is 16.5. The Morgan fingerprint density at radius 3 is 2.62 bits per heavy atom. The lowest BCUT2D eigenvalue weighted by molar-refractivity contribution is -0.203. The first-order valence-electron chi connectivity index (χ1n) is 23.3. The molecule has 1 aromatic heterocycles. The van der Waals surface area contributed by atoms with Gasteiger partial charge in [0.25, 0.3) is 12.4 Å². The van der Waals surface area contributed by atoms with Gasteiger partial charge >= 0.3 is 5.97 Å². The summed E-state index contributed by atoms with van der Waals surface area (Å²) in [5.41, 5.74) is 5.52. The van der Waals surface area contributed by atoms with Crippen molar-refractivity contribution in [1.29, 1.82) is 0 Å². The van der Waals surface area contributed by atoms with Gasteiger partial charge in [-0.25, -0.2) is 0 Å². The zero-order chi connectivity index (χ0) is 45.4. The average Bonchev–Trinajstić information content (AvgIpc) is 3.95. The molecule has 3 aromatic rings. The highest BCUT2D eigenvalue weighted by molar-refractivity contribution is 5.91. The van der Waals surface area contributed by atoms with Crippen LogP contribution >= 0.6 is 0 Å². The van der Waals surface area contributed by atoms with E-state index in [1.54, 1.807) is 0 Å². The fourth-order valence-corrected chi connectivity index (χ4v) is 13.9. The number of H-pyrrole nitrogens is 1. The molecule has 3 fully saturated rings. The molecule has 15 nitrogen and oxygen atoms in total. The maximum atomic E-state index is 14.9. The Morgan fingerprint density at radius 2 is 1.89 bits per heavy atom. The fourth-order valence-electron chi connectivity index (χ4n) is 13.9. The molecule has 2 saturated heterocycles. The van der Waals surface area contributed by atoms with E-state index in [1.165, 1.54) is 6.92 Å². The zero-order valence-corrected chi connectivity index (χ0v) is 37.6. The summed E-state index contributed by atoms with van der Waals surface area (Å²) >= 11 is 0. The molecule has 15 heteroatoms. The van der Waals surface area contributed by atoms with Crippen LogP contribution in [0.2, 0.25) is 0 Å². The number of carbonyl (C=O) groups excluding carboxylic acids is 3. The van der Waals surface area contributed by atoms with Gasteiger partial charge in [-0.3, -0.25) is 24.2 Å². The van der Waals surface area contributed by atoms with Gasteiger partial charge in [-0.1, -0.05) is 50.3 Å². The van der Waals surface area contributed by atoms with E-state index in [1.807, 2.05) is 56.1 Å². The number of hydrogen-bond acceptors (Lipinski definition) is 13. The van der Waals surface area contributed by atoms with Crippen LogP contribution in [0, 0.1) is 11.3 Å². The lowest BCUT2D eigenvalue weighted by Crippen LogP contribution is -2.81. The predicted molar refractivity (Wildman–Crippen MR) is 240 cm³/mol. The van der Waals surface area contributed by atoms with Crippen molar-refractivity contribution in [2.24, 2.45) is 17.1 Å². The van der Waals surface area contributed by atoms with Crippen LogP contribution in [0.1, 0.15) is 87.2 Å². The molecule has 1 saturated carbocycles. The molecule has 8 N–H and O–H groups in total. The minimum Gasteiger partial charge on any atom is -0.467 e. The van der Waals surface area contributed by atoms with Gasteiger partial charge in [0.15, 0.2) is 5.60 Å². The van der Waals surface area contributed by atoms with Gasteiger partial charge in [0.2, 0.25) is 0 Å².